The summed E-state index contributed by atoms with van der Waals surface area (Å²) in [6.07, 6.45) is 3.65. The van der Waals surface area contributed by atoms with Crippen LogP contribution in [0.15, 0.2) is 12.2 Å². The molecule has 0 aromatic carbocycles. The molecule has 1 rings (SSSR count). The Hall–Kier alpha value is -0.830. The summed E-state index contributed by atoms with van der Waals surface area (Å²) in [7, 11) is 0. The first-order valence-electron chi connectivity index (χ1n) is 3.71. The molecule has 11 heavy (non-hydrogen) atoms. The Balaban J connectivity index is 2.76. The molecule has 0 aromatic heterocycles. The molecule has 62 valence electrons. The lowest BCUT2D eigenvalue weighted by molar-refractivity contribution is -0.145. The number of rotatable bonds is 1. The van der Waals surface area contributed by atoms with Crippen molar-refractivity contribution in [1.82, 2.24) is 5.32 Å². The smallest absolute Gasteiger partial charge is 0.314 e. The van der Waals surface area contributed by atoms with E-state index in [-0.39, 0.29) is 0 Å². The van der Waals surface area contributed by atoms with Gasteiger partial charge < -0.3 is 10.4 Å². The number of hydrogen-bond acceptors (Lipinski definition) is 2. The van der Waals surface area contributed by atoms with Crippen LogP contribution >= 0.6 is 0 Å². The van der Waals surface area contributed by atoms with Crippen molar-refractivity contribution in [1.29, 1.82) is 0 Å². The third-order valence-electron chi connectivity index (χ3n) is 2.03. The lowest BCUT2D eigenvalue weighted by Gasteiger charge is -2.27. The van der Waals surface area contributed by atoms with E-state index in [0.717, 1.165) is 0 Å². The van der Waals surface area contributed by atoms with Crippen LogP contribution in [0.4, 0.5) is 0 Å². The summed E-state index contributed by atoms with van der Waals surface area (Å²) in [5.74, 6) is -0.770. The van der Waals surface area contributed by atoms with Crippen LogP contribution in [0.5, 0.6) is 0 Å². The van der Waals surface area contributed by atoms with Gasteiger partial charge in [0.1, 0.15) is 0 Å². The van der Waals surface area contributed by atoms with Gasteiger partial charge in [-0.15, -0.1) is 0 Å². The van der Waals surface area contributed by atoms with Gasteiger partial charge in [0.25, 0.3) is 0 Å². The highest BCUT2D eigenvalue weighted by atomic mass is 16.4. The van der Waals surface area contributed by atoms with Gasteiger partial charge >= 0.3 is 5.97 Å². The maximum Gasteiger partial charge on any atom is 0.314 e. The normalized spacial score (nSPS) is 37.1. The van der Waals surface area contributed by atoms with E-state index in [4.69, 9.17) is 5.11 Å². The summed E-state index contributed by atoms with van der Waals surface area (Å²) < 4.78 is 0. The molecule has 0 aliphatic carbocycles. The summed E-state index contributed by atoms with van der Waals surface area (Å²) in [6, 6.07) is 0.294. The van der Waals surface area contributed by atoms with E-state index in [9.17, 15) is 4.79 Å². The van der Waals surface area contributed by atoms with E-state index < -0.39 is 11.4 Å². The predicted molar refractivity (Wildman–Crippen MR) is 42.3 cm³/mol. The molecule has 2 atom stereocenters. The topological polar surface area (TPSA) is 49.3 Å². The van der Waals surface area contributed by atoms with Gasteiger partial charge in [0, 0.05) is 12.6 Å². The third-order valence-corrected chi connectivity index (χ3v) is 2.03. The van der Waals surface area contributed by atoms with Gasteiger partial charge in [-0.3, -0.25) is 4.79 Å². The van der Waals surface area contributed by atoms with Gasteiger partial charge in [0.15, 0.2) is 0 Å². The highest BCUT2D eigenvalue weighted by Crippen LogP contribution is 2.20. The number of nitrogens with one attached hydrogen (secondary N) is 1. The van der Waals surface area contributed by atoms with Crippen molar-refractivity contribution in [2.75, 3.05) is 6.54 Å². The number of carboxylic acids is 1. The second-order valence-electron chi connectivity index (χ2n) is 3.25. The van der Waals surface area contributed by atoms with Crippen molar-refractivity contribution in [3.63, 3.8) is 0 Å². The van der Waals surface area contributed by atoms with Crippen molar-refractivity contribution in [2.45, 2.75) is 19.9 Å². The predicted octanol–water partition coefficient (Wildman–Crippen LogP) is 0.625. The zero-order chi connectivity index (χ0) is 8.48. The van der Waals surface area contributed by atoms with Crippen LogP contribution in [0.3, 0.4) is 0 Å². The second kappa shape index (κ2) is 2.66. The van der Waals surface area contributed by atoms with Crippen LogP contribution in [0, 0.1) is 5.41 Å². The number of carbonyl (C=O) groups is 1. The number of carboxylic acid groups (broad SMARTS) is 1. The van der Waals surface area contributed by atoms with Crippen LogP contribution < -0.4 is 5.32 Å². The monoisotopic (exact) mass is 155 g/mol. The van der Waals surface area contributed by atoms with Gasteiger partial charge in [-0.25, -0.2) is 0 Å². The van der Waals surface area contributed by atoms with Crippen LogP contribution in [0.25, 0.3) is 0 Å². The Labute approximate surface area is 66.1 Å². The minimum Gasteiger partial charge on any atom is -0.481 e. The fourth-order valence-electron chi connectivity index (χ4n) is 1.00. The first-order valence-corrected chi connectivity index (χ1v) is 3.71. The summed E-state index contributed by atoms with van der Waals surface area (Å²) >= 11 is 0. The molecular weight excluding hydrogens is 142 g/mol. The van der Waals surface area contributed by atoms with Gasteiger partial charge in [-0.05, 0) is 13.8 Å². The van der Waals surface area contributed by atoms with Crippen molar-refractivity contribution in [3.05, 3.63) is 12.2 Å². The lowest BCUT2D eigenvalue weighted by atomic mass is 9.87. The van der Waals surface area contributed by atoms with Gasteiger partial charge in [-0.1, -0.05) is 12.2 Å². The first kappa shape index (κ1) is 8.27. The maximum atomic E-state index is 10.7. The summed E-state index contributed by atoms with van der Waals surface area (Å²) in [4.78, 5) is 10.7. The molecule has 1 heterocycles. The van der Waals surface area contributed by atoms with Crippen LogP contribution in [-0.4, -0.2) is 23.7 Å². The second-order valence-corrected chi connectivity index (χ2v) is 3.25. The molecule has 3 heteroatoms. The first-order chi connectivity index (χ1) is 5.04. The van der Waals surface area contributed by atoms with Crippen LogP contribution in [0.1, 0.15) is 13.8 Å². The van der Waals surface area contributed by atoms with E-state index in [2.05, 4.69) is 5.32 Å². The molecule has 0 spiro atoms. The van der Waals surface area contributed by atoms with Crippen LogP contribution in [0.2, 0.25) is 0 Å². The lowest BCUT2D eigenvalue weighted by Crippen LogP contribution is -2.43. The Bertz CT molecular complexity index is 200. The number of hydrogen-bond donors (Lipinski definition) is 2. The Morgan fingerprint density at radius 2 is 2.45 bits per heavy atom. The van der Waals surface area contributed by atoms with Crippen molar-refractivity contribution >= 4 is 5.97 Å². The minimum atomic E-state index is -0.770. The molecular formula is C8H13NO2. The van der Waals surface area contributed by atoms with Crippen molar-refractivity contribution < 1.29 is 9.90 Å². The van der Waals surface area contributed by atoms with Crippen LogP contribution in [-0.2, 0) is 4.79 Å². The highest BCUT2D eigenvalue weighted by Gasteiger charge is 2.32. The molecule has 0 saturated carbocycles. The zero-order valence-electron chi connectivity index (χ0n) is 6.79. The number of aliphatic carboxylic acids is 1. The molecule has 0 fully saturated rings. The van der Waals surface area contributed by atoms with Crippen molar-refractivity contribution in [2.24, 2.45) is 5.41 Å². The maximum absolute atomic E-state index is 10.7. The van der Waals surface area contributed by atoms with E-state index in [1.807, 2.05) is 13.0 Å². The molecule has 2 N–H and O–H groups in total. The molecule has 0 aromatic rings. The molecule has 2 unspecified atom stereocenters. The standard InChI is InChI=1S/C8H13NO2/c1-6-3-4-8(2,5-9-6)7(10)11/h3-4,6,9H,5H2,1-2H3,(H,10,11). The van der Waals surface area contributed by atoms with Gasteiger partial charge in [0.2, 0.25) is 0 Å². The average Bonchev–Trinajstić information content (AvgIpc) is 1.95. The quantitative estimate of drug-likeness (QED) is 0.546. The Morgan fingerprint density at radius 1 is 1.82 bits per heavy atom. The molecule has 0 amide bonds. The Kier molecular flexibility index (Phi) is 2.00. The van der Waals surface area contributed by atoms with Crippen molar-refractivity contribution in [3.8, 4) is 0 Å². The van der Waals surface area contributed by atoms with E-state index in [0.29, 0.717) is 12.6 Å². The fourth-order valence-corrected chi connectivity index (χ4v) is 1.00. The molecule has 0 radical (unpaired) electrons. The highest BCUT2D eigenvalue weighted by molar-refractivity contribution is 5.77. The fraction of sp³-hybridized carbons (Fsp3) is 0.625. The van der Waals surface area contributed by atoms with E-state index in [1.54, 1.807) is 13.0 Å². The molecule has 1 aliphatic heterocycles. The summed E-state index contributed by atoms with van der Waals surface area (Å²) in [5.41, 5.74) is -0.716. The third kappa shape index (κ3) is 1.60. The van der Waals surface area contributed by atoms with E-state index >= 15 is 0 Å². The van der Waals surface area contributed by atoms with E-state index in [1.165, 1.54) is 0 Å². The molecule has 1 aliphatic rings. The zero-order valence-corrected chi connectivity index (χ0v) is 6.79. The minimum absolute atomic E-state index is 0.294. The largest absolute Gasteiger partial charge is 0.481 e. The molecule has 3 nitrogen and oxygen atoms in total. The van der Waals surface area contributed by atoms with Gasteiger partial charge in [-0.2, -0.15) is 0 Å². The summed E-state index contributed by atoms with van der Waals surface area (Å²) in [6.45, 7) is 4.22. The molecule has 0 saturated heterocycles. The summed E-state index contributed by atoms with van der Waals surface area (Å²) in [5, 5.41) is 11.9. The van der Waals surface area contributed by atoms with Gasteiger partial charge in [0.05, 0.1) is 5.41 Å². The molecule has 0 bridgehead atoms. The SMILES string of the molecule is CC1C=CC(C)(C(=O)O)CN1. The average molecular weight is 155 g/mol. The Morgan fingerprint density at radius 3 is 2.82 bits per heavy atom.